The van der Waals surface area contributed by atoms with Gasteiger partial charge >= 0.3 is 11.9 Å². The highest BCUT2D eigenvalue weighted by Gasteiger charge is 2.01. The molecule has 0 aliphatic carbocycles. The van der Waals surface area contributed by atoms with E-state index in [4.69, 9.17) is 10.2 Å². The Bertz CT molecular complexity index is 241. The van der Waals surface area contributed by atoms with Gasteiger partial charge in [0.1, 0.15) is 0 Å². The molecule has 0 aliphatic rings. The molecule has 5 nitrogen and oxygen atoms in total. The van der Waals surface area contributed by atoms with Gasteiger partial charge in [-0.25, -0.2) is 4.79 Å². The first kappa shape index (κ1) is 11.4. The van der Waals surface area contributed by atoms with Gasteiger partial charge in [-0.05, 0) is 12.5 Å². The van der Waals surface area contributed by atoms with Crippen LogP contribution in [0.3, 0.4) is 0 Å². The van der Waals surface area contributed by atoms with Crippen molar-refractivity contribution >= 4 is 17.7 Å². The standard InChI is InChI=1S/C8H10O5/c9-6(4-5-8(12)13)2-1-3-7(10)11/h4-5H,1-3H2,(H,10,11)(H,12,13)/b5-4-. The van der Waals surface area contributed by atoms with Crippen LogP contribution in [0.15, 0.2) is 12.2 Å². The molecular formula is C8H10O5. The second kappa shape index (κ2) is 5.93. The quantitative estimate of drug-likeness (QED) is 0.587. The maximum absolute atomic E-state index is 10.8. The Morgan fingerprint density at radius 2 is 1.62 bits per heavy atom. The van der Waals surface area contributed by atoms with Gasteiger partial charge in [-0.15, -0.1) is 0 Å². The lowest BCUT2D eigenvalue weighted by Gasteiger charge is -1.91. The molecule has 0 unspecified atom stereocenters. The van der Waals surface area contributed by atoms with E-state index in [1.54, 1.807) is 0 Å². The number of carboxylic acids is 2. The molecule has 0 bridgehead atoms. The lowest BCUT2D eigenvalue weighted by atomic mass is 10.1. The molecule has 0 aromatic heterocycles. The van der Waals surface area contributed by atoms with Gasteiger partial charge in [0, 0.05) is 18.9 Å². The fourth-order valence-corrected chi connectivity index (χ4v) is 0.661. The van der Waals surface area contributed by atoms with Crippen molar-refractivity contribution in [3.05, 3.63) is 12.2 Å². The van der Waals surface area contributed by atoms with Gasteiger partial charge in [0.2, 0.25) is 0 Å². The summed E-state index contributed by atoms with van der Waals surface area (Å²) in [6.07, 6.45) is 1.90. The van der Waals surface area contributed by atoms with Crippen molar-refractivity contribution in [1.82, 2.24) is 0 Å². The Labute approximate surface area is 74.7 Å². The predicted molar refractivity (Wildman–Crippen MR) is 43.3 cm³/mol. The molecule has 0 aliphatic heterocycles. The van der Waals surface area contributed by atoms with Gasteiger partial charge in [0.15, 0.2) is 5.78 Å². The van der Waals surface area contributed by atoms with Crippen molar-refractivity contribution in [2.24, 2.45) is 0 Å². The molecule has 0 aromatic carbocycles. The van der Waals surface area contributed by atoms with Crippen molar-refractivity contribution in [3.63, 3.8) is 0 Å². The van der Waals surface area contributed by atoms with E-state index in [1.807, 2.05) is 0 Å². The van der Waals surface area contributed by atoms with E-state index in [0.717, 1.165) is 12.2 Å². The first-order chi connectivity index (χ1) is 6.02. The molecule has 0 amide bonds. The van der Waals surface area contributed by atoms with Crippen LogP contribution in [0.2, 0.25) is 0 Å². The van der Waals surface area contributed by atoms with Crippen LogP contribution in [0.25, 0.3) is 0 Å². The number of hydrogen-bond acceptors (Lipinski definition) is 3. The van der Waals surface area contributed by atoms with Gasteiger partial charge in [0.05, 0.1) is 0 Å². The second-order valence-electron chi connectivity index (χ2n) is 2.39. The zero-order valence-corrected chi connectivity index (χ0v) is 6.90. The molecule has 5 heteroatoms. The Kier molecular flexibility index (Phi) is 5.18. The summed E-state index contributed by atoms with van der Waals surface area (Å²) in [5, 5.41) is 16.4. The number of aliphatic carboxylic acids is 2. The van der Waals surface area contributed by atoms with Crippen molar-refractivity contribution in [3.8, 4) is 0 Å². The van der Waals surface area contributed by atoms with E-state index >= 15 is 0 Å². The van der Waals surface area contributed by atoms with Crippen LogP contribution < -0.4 is 0 Å². The van der Waals surface area contributed by atoms with Crippen LogP contribution in [0.1, 0.15) is 19.3 Å². The highest BCUT2D eigenvalue weighted by atomic mass is 16.4. The number of ketones is 1. The van der Waals surface area contributed by atoms with E-state index in [-0.39, 0.29) is 25.0 Å². The van der Waals surface area contributed by atoms with Crippen molar-refractivity contribution in [1.29, 1.82) is 0 Å². The molecule has 0 atom stereocenters. The Morgan fingerprint density at radius 1 is 1.00 bits per heavy atom. The average molecular weight is 186 g/mol. The first-order valence-electron chi connectivity index (χ1n) is 3.68. The fourth-order valence-electron chi connectivity index (χ4n) is 0.661. The summed E-state index contributed by atoms with van der Waals surface area (Å²) in [4.78, 5) is 30.8. The van der Waals surface area contributed by atoms with E-state index in [1.165, 1.54) is 0 Å². The van der Waals surface area contributed by atoms with Crippen LogP contribution in [-0.4, -0.2) is 27.9 Å². The number of hydrogen-bond donors (Lipinski definition) is 2. The van der Waals surface area contributed by atoms with Crippen molar-refractivity contribution < 1.29 is 24.6 Å². The van der Waals surface area contributed by atoms with E-state index in [0.29, 0.717) is 0 Å². The average Bonchev–Trinajstić information content (AvgIpc) is 2.00. The summed E-state index contributed by atoms with van der Waals surface area (Å²) < 4.78 is 0. The summed E-state index contributed by atoms with van der Waals surface area (Å²) in [6, 6.07) is 0. The zero-order chi connectivity index (χ0) is 10.3. The van der Waals surface area contributed by atoms with Gasteiger partial charge in [-0.1, -0.05) is 0 Å². The highest BCUT2D eigenvalue weighted by Crippen LogP contribution is 1.97. The summed E-state index contributed by atoms with van der Waals surface area (Å²) in [6.45, 7) is 0. The normalized spacial score (nSPS) is 10.2. The topological polar surface area (TPSA) is 91.7 Å². The Hall–Kier alpha value is -1.65. The third-order valence-electron chi connectivity index (χ3n) is 1.23. The molecule has 0 saturated carbocycles. The predicted octanol–water partition coefficient (Wildman–Crippen LogP) is 0.451. The van der Waals surface area contributed by atoms with Crippen molar-refractivity contribution in [2.75, 3.05) is 0 Å². The number of carbonyl (C=O) groups is 3. The number of carbonyl (C=O) groups excluding carboxylic acids is 1. The molecule has 2 N–H and O–H groups in total. The molecule has 0 heterocycles. The van der Waals surface area contributed by atoms with Crippen LogP contribution in [0, 0.1) is 0 Å². The van der Waals surface area contributed by atoms with Gasteiger partial charge in [0.25, 0.3) is 0 Å². The first-order valence-corrected chi connectivity index (χ1v) is 3.68. The maximum Gasteiger partial charge on any atom is 0.328 e. The highest BCUT2D eigenvalue weighted by molar-refractivity contribution is 5.95. The van der Waals surface area contributed by atoms with Crippen molar-refractivity contribution in [2.45, 2.75) is 19.3 Å². The summed E-state index contributed by atoms with van der Waals surface area (Å²) >= 11 is 0. The SMILES string of the molecule is O=C(O)/C=C\C(=O)CCCC(=O)O. The summed E-state index contributed by atoms with van der Waals surface area (Å²) in [5.74, 6) is -2.52. The second-order valence-corrected chi connectivity index (χ2v) is 2.39. The van der Waals surface area contributed by atoms with Crippen LogP contribution in [0.4, 0.5) is 0 Å². The van der Waals surface area contributed by atoms with E-state index in [2.05, 4.69) is 0 Å². The molecule has 13 heavy (non-hydrogen) atoms. The summed E-state index contributed by atoms with van der Waals surface area (Å²) in [5.41, 5.74) is 0. The van der Waals surface area contributed by atoms with E-state index in [9.17, 15) is 14.4 Å². The van der Waals surface area contributed by atoms with Crippen LogP contribution >= 0.6 is 0 Å². The van der Waals surface area contributed by atoms with Gasteiger partial charge in [-0.2, -0.15) is 0 Å². The minimum atomic E-state index is -1.19. The molecular weight excluding hydrogens is 176 g/mol. The minimum absolute atomic E-state index is 0.0656. The third-order valence-corrected chi connectivity index (χ3v) is 1.23. The van der Waals surface area contributed by atoms with Crippen LogP contribution in [-0.2, 0) is 14.4 Å². The molecule has 0 radical (unpaired) electrons. The zero-order valence-electron chi connectivity index (χ0n) is 6.90. The fraction of sp³-hybridized carbons (Fsp3) is 0.375. The Balaban J connectivity index is 3.64. The van der Waals surface area contributed by atoms with Gasteiger partial charge in [-0.3, -0.25) is 9.59 Å². The number of allylic oxidation sites excluding steroid dienone is 1. The van der Waals surface area contributed by atoms with Gasteiger partial charge < -0.3 is 10.2 Å². The molecule has 0 fully saturated rings. The van der Waals surface area contributed by atoms with Crippen LogP contribution in [0.5, 0.6) is 0 Å². The maximum atomic E-state index is 10.8. The summed E-state index contributed by atoms with van der Waals surface area (Å²) in [7, 11) is 0. The molecule has 0 saturated heterocycles. The number of rotatable bonds is 6. The third kappa shape index (κ3) is 8.25. The monoisotopic (exact) mass is 186 g/mol. The Morgan fingerprint density at radius 3 is 2.08 bits per heavy atom. The molecule has 0 rings (SSSR count). The largest absolute Gasteiger partial charge is 0.481 e. The molecule has 0 spiro atoms. The number of carboxylic acid groups (broad SMARTS) is 2. The molecule has 0 aromatic rings. The smallest absolute Gasteiger partial charge is 0.328 e. The minimum Gasteiger partial charge on any atom is -0.481 e. The van der Waals surface area contributed by atoms with E-state index < -0.39 is 11.9 Å². The lowest BCUT2D eigenvalue weighted by Crippen LogP contribution is -1.99. The molecule has 72 valence electrons. The lowest BCUT2D eigenvalue weighted by molar-refractivity contribution is -0.137.